The number of alkyl halides is 6. The molecule has 4 aromatic rings. The predicted octanol–water partition coefficient (Wildman–Crippen LogP) is 5.83. The van der Waals surface area contributed by atoms with Gasteiger partial charge in [0.05, 0.1) is 11.4 Å². The zero-order valence-electron chi connectivity index (χ0n) is 25.9. The highest BCUT2D eigenvalue weighted by Gasteiger charge is 2.46. The third kappa shape index (κ3) is 7.66. The molecule has 4 heterocycles. The number of nitrogen functional groups attached to an aromatic ring is 1. The van der Waals surface area contributed by atoms with E-state index in [-0.39, 0.29) is 34.0 Å². The topological polar surface area (TPSA) is 141 Å². The summed E-state index contributed by atoms with van der Waals surface area (Å²) >= 11 is 0. The van der Waals surface area contributed by atoms with E-state index in [1.807, 2.05) is 4.90 Å². The van der Waals surface area contributed by atoms with Crippen LogP contribution in [0.25, 0.3) is 16.8 Å². The summed E-state index contributed by atoms with van der Waals surface area (Å²) in [6.07, 6.45) is -9.25. The summed E-state index contributed by atoms with van der Waals surface area (Å²) in [5, 5.41) is 16.7. The van der Waals surface area contributed by atoms with Crippen LogP contribution in [0, 0.1) is 12.3 Å². The molecule has 260 valence electrons. The lowest BCUT2D eigenvalue weighted by molar-refractivity contribution is -0.274. The highest BCUT2D eigenvalue weighted by Crippen LogP contribution is 2.43. The van der Waals surface area contributed by atoms with E-state index < -0.39 is 42.3 Å². The Kier molecular flexibility index (Phi) is 8.81. The Labute approximate surface area is 275 Å². The molecule has 2 atom stereocenters. The first-order chi connectivity index (χ1) is 23.1. The van der Waals surface area contributed by atoms with Crippen LogP contribution in [0.4, 0.5) is 38.1 Å². The van der Waals surface area contributed by atoms with Crippen molar-refractivity contribution in [2.45, 2.75) is 50.9 Å². The largest absolute Gasteiger partial charge is 0.573 e. The number of rotatable bonds is 8. The second kappa shape index (κ2) is 12.8. The molecule has 2 aliphatic rings. The number of nitrogens with two attached hydrogens (primary N) is 1. The van der Waals surface area contributed by atoms with Gasteiger partial charge in [0.25, 0.3) is 0 Å². The van der Waals surface area contributed by atoms with Gasteiger partial charge in [0, 0.05) is 37.5 Å². The number of carboxylic acids is 1. The summed E-state index contributed by atoms with van der Waals surface area (Å²) in [6, 6.07) is 11.2. The molecule has 2 fully saturated rings. The fraction of sp³-hybridized carbons (Fsp3) is 0.375. The van der Waals surface area contributed by atoms with Crippen LogP contribution >= 0.6 is 0 Å². The zero-order valence-corrected chi connectivity index (χ0v) is 25.9. The molecule has 0 aliphatic carbocycles. The monoisotopic (exact) mass is 691 g/mol. The molecule has 2 aliphatic heterocycles. The molecule has 4 N–H and O–H groups in total. The van der Waals surface area contributed by atoms with Crippen molar-refractivity contribution in [3.05, 3.63) is 72.1 Å². The third-order valence-electron chi connectivity index (χ3n) is 8.73. The highest BCUT2D eigenvalue weighted by atomic mass is 19.4. The normalized spacial score (nSPS) is 18.4. The standard InChI is InChI=1S/C32H31F6N7O4/c1-18-7-10-45(43-18)24-14-20(19-3-2-4-21(13-19)49-32(36,37)38)5-6-22(24)27(31(33,34)35)48-26-15-25(41-29(39)42-26)44-11-8-30(9-12-44)16-23(28(46)47)40-17-30/h2-7,10,13-15,23,27,40H,8-9,11-12,16-17H2,1H3,(H,46,47)(H2,39,41,42)/t23-,27?/m0/s1. The Morgan fingerprint density at radius 2 is 1.78 bits per heavy atom. The van der Waals surface area contributed by atoms with Gasteiger partial charge in [0.2, 0.25) is 17.9 Å². The molecule has 1 unspecified atom stereocenters. The number of nitrogens with zero attached hydrogens (tertiary/aromatic N) is 5. The molecule has 2 aromatic carbocycles. The number of anilines is 2. The quantitative estimate of drug-likeness (QED) is 0.193. The number of aliphatic carboxylic acids is 1. The number of benzene rings is 2. The zero-order chi connectivity index (χ0) is 35.1. The highest BCUT2D eigenvalue weighted by molar-refractivity contribution is 5.74. The minimum absolute atomic E-state index is 0.0384. The molecule has 0 radical (unpaired) electrons. The van der Waals surface area contributed by atoms with E-state index in [9.17, 15) is 36.2 Å². The molecule has 17 heteroatoms. The van der Waals surface area contributed by atoms with Crippen molar-refractivity contribution in [3.8, 4) is 28.4 Å². The van der Waals surface area contributed by atoms with Gasteiger partial charge in [0.1, 0.15) is 17.6 Å². The van der Waals surface area contributed by atoms with Crippen LogP contribution < -0.4 is 25.4 Å². The molecule has 2 saturated heterocycles. The van der Waals surface area contributed by atoms with Gasteiger partial charge in [-0.3, -0.25) is 4.79 Å². The van der Waals surface area contributed by atoms with Crippen LogP contribution in [0.3, 0.4) is 0 Å². The van der Waals surface area contributed by atoms with E-state index in [2.05, 4.69) is 25.1 Å². The van der Waals surface area contributed by atoms with Crippen LogP contribution in [0.5, 0.6) is 11.6 Å². The lowest BCUT2D eigenvalue weighted by atomic mass is 9.76. The van der Waals surface area contributed by atoms with Gasteiger partial charge in [-0.1, -0.05) is 24.3 Å². The minimum Gasteiger partial charge on any atom is -0.480 e. The summed E-state index contributed by atoms with van der Waals surface area (Å²) in [6.45, 7) is 3.13. The van der Waals surface area contributed by atoms with Crippen LogP contribution in [0.15, 0.2) is 60.8 Å². The van der Waals surface area contributed by atoms with Gasteiger partial charge in [-0.2, -0.15) is 28.2 Å². The third-order valence-corrected chi connectivity index (χ3v) is 8.73. The van der Waals surface area contributed by atoms with Crippen LogP contribution in [-0.4, -0.2) is 69.0 Å². The maximum Gasteiger partial charge on any atom is 0.573 e. The lowest BCUT2D eigenvalue weighted by Crippen LogP contribution is -2.41. The average Bonchev–Trinajstić information content (AvgIpc) is 3.65. The van der Waals surface area contributed by atoms with Crippen molar-refractivity contribution < 1.29 is 45.7 Å². The number of hydrogen-bond acceptors (Lipinski definition) is 9. The lowest BCUT2D eigenvalue weighted by Gasteiger charge is -2.39. The minimum atomic E-state index is -4.97. The molecular formula is C32H31F6N7O4. The average molecular weight is 692 g/mol. The van der Waals surface area contributed by atoms with Crippen molar-refractivity contribution in [1.29, 1.82) is 0 Å². The molecular weight excluding hydrogens is 660 g/mol. The second-order valence-electron chi connectivity index (χ2n) is 12.2. The summed E-state index contributed by atoms with van der Waals surface area (Å²) in [4.78, 5) is 21.4. The first kappa shape index (κ1) is 33.8. The maximum atomic E-state index is 14.8. The van der Waals surface area contributed by atoms with E-state index in [0.717, 1.165) is 12.1 Å². The van der Waals surface area contributed by atoms with E-state index in [1.54, 1.807) is 13.0 Å². The maximum absolute atomic E-state index is 14.8. The number of halogens is 6. The fourth-order valence-corrected chi connectivity index (χ4v) is 6.33. The molecule has 0 amide bonds. The Morgan fingerprint density at radius 1 is 1.04 bits per heavy atom. The van der Waals surface area contributed by atoms with Crippen LogP contribution in [0.1, 0.15) is 36.6 Å². The van der Waals surface area contributed by atoms with E-state index in [1.165, 1.54) is 47.3 Å². The number of hydrogen-bond donors (Lipinski definition) is 3. The van der Waals surface area contributed by atoms with Crippen molar-refractivity contribution >= 4 is 17.7 Å². The Hall–Kier alpha value is -5.06. The van der Waals surface area contributed by atoms with Crippen molar-refractivity contribution in [1.82, 2.24) is 25.1 Å². The SMILES string of the molecule is Cc1ccn(-c2cc(-c3cccc(OC(F)(F)F)c3)ccc2C(Oc2cc(N3CCC4(CC3)CN[C@H](C(=O)O)C4)nc(N)n2)C(F)(F)F)n1. The van der Waals surface area contributed by atoms with Gasteiger partial charge in [-0.05, 0) is 67.0 Å². The van der Waals surface area contributed by atoms with Crippen LogP contribution in [0.2, 0.25) is 0 Å². The number of nitrogens with one attached hydrogen (secondary N) is 1. The van der Waals surface area contributed by atoms with E-state index in [0.29, 0.717) is 50.2 Å². The summed E-state index contributed by atoms with van der Waals surface area (Å²) < 4.78 is 93.9. The molecule has 6 rings (SSSR count). The smallest absolute Gasteiger partial charge is 0.480 e. The van der Waals surface area contributed by atoms with E-state index >= 15 is 0 Å². The first-order valence-corrected chi connectivity index (χ1v) is 15.2. The molecule has 1 spiro atoms. The molecule has 0 bridgehead atoms. The molecule has 11 nitrogen and oxygen atoms in total. The van der Waals surface area contributed by atoms with Gasteiger partial charge in [-0.25, -0.2) is 4.68 Å². The Morgan fingerprint density at radius 3 is 2.41 bits per heavy atom. The van der Waals surface area contributed by atoms with Crippen molar-refractivity contribution in [2.75, 3.05) is 30.3 Å². The number of aryl methyl sites for hydroxylation is 1. The van der Waals surface area contributed by atoms with Crippen molar-refractivity contribution in [2.24, 2.45) is 5.41 Å². The number of ether oxygens (including phenoxy) is 2. The number of carboxylic acid groups (broad SMARTS) is 1. The summed E-state index contributed by atoms with van der Waals surface area (Å²) in [7, 11) is 0. The Balaban J connectivity index is 1.31. The number of piperidine rings is 1. The van der Waals surface area contributed by atoms with Gasteiger partial charge >= 0.3 is 18.5 Å². The van der Waals surface area contributed by atoms with E-state index in [4.69, 9.17) is 10.5 Å². The molecule has 0 saturated carbocycles. The fourth-order valence-electron chi connectivity index (χ4n) is 6.33. The predicted molar refractivity (Wildman–Crippen MR) is 164 cm³/mol. The summed E-state index contributed by atoms with van der Waals surface area (Å²) in [5.41, 5.74) is 6.40. The van der Waals surface area contributed by atoms with Crippen molar-refractivity contribution in [3.63, 3.8) is 0 Å². The summed E-state index contributed by atoms with van der Waals surface area (Å²) in [5.74, 6) is -1.87. The van der Waals surface area contributed by atoms with Crippen LogP contribution in [-0.2, 0) is 4.79 Å². The molecule has 49 heavy (non-hydrogen) atoms. The van der Waals surface area contributed by atoms with Gasteiger partial charge in [-0.15, -0.1) is 13.2 Å². The second-order valence-corrected chi connectivity index (χ2v) is 12.2. The number of aromatic nitrogens is 4. The Bertz CT molecular complexity index is 1840. The van der Waals surface area contributed by atoms with Gasteiger partial charge < -0.3 is 30.5 Å². The first-order valence-electron chi connectivity index (χ1n) is 15.2. The number of carbonyl (C=O) groups is 1. The molecule has 2 aromatic heterocycles. The van der Waals surface area contributed by atoms with Gasteiger partial charge in [0.15, 0.2) is 0 Å².